The molecule has 2 heterocycles. The molecule has 31 heavy (non-hydrogen) atoms. The van der Waals surface area contributed by atoms with Gasteiger partial charge in [0.2, 0.25) is 0 Å². The van der Waals surface area contributed by atoms with Crippen LogP contribution in [-0.2, 0) is 13.6 Å². The largest absolute Gasteiger partial charge is 0.481 e. The number of para-hydroxylation sites is 2. The van der Waals surface area contributed by atoms with Gasteiger partial charge in [-0.1, -0.05) is 53.7 Å². The van der Waals surface area contributed by atoms with Crippen LogP contribution in [0.3, 0.4) is 0 Å². The number of Topliss-reactive ketones (excluding diaryl/α,β-unsaturated/α-hetero) is 1. The number of halogens is 1. The number of carbonyl (C=O) groups excluding carboxylic acids is 1. The van der Waals surface area contributed by atoms with E-state index in [-0.39, 0.29) is 17.6 Å². The van der Waals surface area contributed by atoms with E-state index in [0.717, 1.165) is 16.5 Å². The number of thioether (sulfide) groups is 1. The van der Waals surface area contributed by atoms with E-state index in [2.05, 4.69) is 10.2 Å². The normalized spacial score (nSPS) is 12.3. The second kappa shape index (κ2) is 9.16. The molecule has 0 radical (unpaired) electrons. The Morgan fingerprint density at radius 1 is 1.16 bits per heavy atom. The van der Waals surface area contributed by atoms with Gasteiger partial charge in [0.15, 0.2) is 22.9 Å². The molecule has 0 aliphatic carbocycles. The Balaban J connectivity index is 1.50. The van der Waals surface area contributed by atoms with Crippen LogP contribution in [0.4, 0.5) is 0 Å². The molecule has 160 valence electrons. The third kappa shape index (κ3) is 4.34. The van der Waals surface area contributed by atoms with Gasteiger partial charge in [-0.25, -0.2) is 0 Å². The van der Waals surface area contributed by atoms with Crippen molar-refractivity contribution in [2.45, 2.75) is 31.7 Å². The average molecular weight is 455 g/mol. The standard InChI is InChI=1S/C23H23ClN4O2S/c1-4-28-22(15(2)30-21-12-8-6-10-18(21)24)25-26-23(28)31-14-20(29)17-13-27(3)19-11-7-5-9-16(17)19/h5-13,15H,4,14H2,1-3H3. The first kappa shape index (κ1) is 21.5. The molecule has 0 saturated carbocycles. The van der Waals surface area contributed by atoms with Gasteiger partial charge in [-0.05, 0) is 32.0 Å². The number of nitrogens with zero attached hydrogens (tertiary/aromatic N) is 4. The molecular formula is C23H23ClN4O2S. The highest BCUT2D eigenvalue weighted by Gasteiger charge is 2.21. The summed E-state index contributed by atoms with van der Waals surface area (Å²) in [6.45, 7) is 4.60. The molecule has 1 unspecified atom stereocenters. The fourth-order valence-corrected chi connectivity index (χ4v) is 4.63. The lowest BCUT2D eigenvalue weighted by atomic mass is 10.1. The van der Waals surface area contributed by atoms with Gasteiger partial charge in [0.05, 0.1) is 10.8 Å². The van der Waals surface area contributed by atoms with Gasteiger partial charge in [-0.15, -0.1) is 10.2 Å². The van der Waals surface area contributed by atoms with Crippen LogP contribution in [0.1, 0.15) is 36.1 Å². The summed E-state index contributed by atoms with van der Waals surface area (Å²) in [5.41, 5.74) is 1.77. The quantitative estimate of drug-likeness (QED) is 0.257. The Labute approximate surface area is 190 Å². The van der Waals surface area contributed by atoms with Crippen molar-refractivity contribution in [3.05, 3.63) is 71.1 Å². The molecule has 2 aromatic heterocycles. The lowest BCUT2D eigenvalue weighted by Crippen LogP contribution is -2.12. The summed E-state index contributed by atoms with van der Waals surface area (Å²) in [6, 6.07) is 15.3. The van der Waals surface area contributed by atoms with E-state index in [0.29, 0.717) is 28.3 Å². The second-order valence-electron chi connectivity index (χ2n) is 7.16. The average Bonchev–Trinajstić information content (AvgIpc) is 3.35. The summed E-state index contributed by atoms with van der Waals surface area (Å²) in [5.74, 6) is 1.64. The first-order valence-electron chi connectivity index (χ1n) is 10.0. The van der Waals surface area contributed by atoms with Crippen LogP contribution in [0.2, 0.25) is 5.02 Å². The lowest BCUT2D eigenvalue weighted by Gasteiger charge is -2.16. The molecule has 0 saturated heterocycles. The molecule has 8 heteroatoms. The van der Waals surface area contributed by atoms with Crippen molar-refractivity contribution in [2.24, 2.45) is 7.05 Å². The lowest BCUT2D eigenvalue weighted by molar-refractivity contribution is 0.102. The molecule has 0 fully saturated rings. The van der Waals surface area contributed by atoms with Crippen molar-refractivity contribution in [2.75, 3.05) is 5.75 Å². The summed E-state index contributed by atoms with van der Waals surface area (Å²) >= 11 is 7.60. The molecule has 0 amide bonds. The van der Waals surface area contributed by atoms with E-state index in [1.165, 1.54) is 11.8 Å². The van der Waals surface area contributed by atoms with E-state index in [9.17, 15) is 4.79 Å². The SMILES string of the molecule is CCn1c(SCC(=O)c2cn(C)c3ccccc23)nnc1C(C)Oc1ccccc1Cl. The molecule has 4 aromatic rings. The number of hydrogen-bond acceptors (Lipinski definition) is 5. The highest BCUT2D eigenvalue weighted by molar-refractivity contribution is 7.99. The van der Waals surface area contributed by atoms with Gasteiger partial charge in [0.1, 0.15) is 5.75 Å². The fraction of sp³-hybridized carbons (Fsp3) is 0.261. The molecule has 0 N–H and O–H groups in total. The molecule has 2 aromatic carbocycles. The second-order valence-corrected chi connectivity index (χ2v) is 8.51. The Hall–Kier alpha value is -2.77. The van der Waals surface area contributed by atoms with Gasteiger partial charge in [0.25, 0.3) is 0 Å². The minimum absolute atomic E-state index is 0.0642. The van der Waals surface area contributed by atoms with Crippen LogP contribution < -0.4 is 4.74 Å². The van der Waals surface area contributed by atoms with E-state index in [4.69, 9.17) is 16.3 Å². The third-order valence-corrected chi connectivity index (χ3v) is 6.37. The zero-order valence-corrected chi connectivity index (χ0v) is 19.2. The molecule has 0 aliphatic rings. The van der Waals surface area contributed by atoms with Crippen molar-refractivity contribution in [1.29, 1.82) is 0 Å². The van der Waals surface area contributed by atoms with Crippen LogP contribution >= 0.6 is 23.4 Å². The van der Waals surface area contributed by atoms with Crippen LogP contribution in [0.5, 0.6) is 5.75 Å². The predicted molar refractivity (Wildman–Crippen MR) is 124 cm³/mol. The third-order valence-electron chi connectivity index (χ3n) is 5.10. The summed E-state index contributed by atoms with van der Waals surface area (Å²) in [7, 11) is 1.95. The van der Waals surface area contributed by atoms with Gasteiger partial charge < -0.3 is 13.9 Å². The zero-order valence-electron chi connectivity index (χ0n) is 17.6. The zero-order chi connectivity index (χ0) is 22.0. The van der Waals surface area contributed by atoms with E-state index >= 15 is 0 Å². The number of fused-ring (bicyclic) bond motifs is 1. The van der Waals surface area contributed by atoms with Crippen molar-refractivity contribution >= 4 is 40.0 Å². The summed E-state index contributed by atoms with van der Waals surface area (Å²) in [4.78, 5) is 12.9. The smallest absolute Gasteiger partial charge is 0.191 e. The molecular weight excluding hydrogens is 432 g/mol. The van der Waals surface area contributed by atoms with Gasteiger partial charge in [0, 0.05) is 36.3 Å². The number of rotatable bonds is 8. The number of aryl methyl sites for hydroxylation is 1. The highest BCUT2D eigenvalue weighted by atomic mass is 35.5. The maximum absolute atomic E-state index is 12.9. The highest BCUT2D eigenvalue weighted by Crippen LogP contribution is 2.30. The maximum Gasteiger partial charge on any atom is 0.191 e. The van der Waals surface area contributed by atoms with Gasteiger partial charge >= 0.3 is 0 Å². The molecule has 4 rings (SSSR count). The number of aromatic nitrogens is 4. The minimum atomic E-state index is -0.338. The van der Waals surface area contributed by atoms with E-state index in [1.807, 2.05) is 78.7 Å². The first-order chi connectivity index (χ1) is 15.0. The van der Waals surface area contributed by atoms with E-state index in [1.54, 1.807) is 6.07 Å². The Morgan fingerprint density at radius 3 is 2.68 bits per heavy atom. The number of ketones is 1. The van der Waals surface area contributed by atoms with Crippen LogP contribution in [-0.4, -0.2) is 30.9 Å². The van der Waals surface area contributed by atoms with Crippen molar-refractivity contribution in [1.82, 2.24) is 19.3 Å². The summed E-state index contributed by atoms with van der Waals surface area (Å²) < 4.78 is 9.95. The predicted octanol–water partition coefficient (Wildman–Crippen LogP) is 5.56. The molecule has 0 bridgehead atoms. The monoisotopic (exact) mass is 454 g/mol. The maximum atomic E-state index is 12.9. The Kier molecular flexibility index (Phi) is 6.34. The van der Waals surface area contributed by atoms with Gasteiger partial charge in [-0.2, -0.15) is 0 Å². The molecule has 0 aliphatic heterocycles. The molecule has 1 atom stereocenters. The van der Waals surface area contributed by atoms with Crippen LogP contribution in [0.25, 0.3) is 10.9 Å². The van der Waals surface area contributed by atoms with Crippen molar-refractivity contribution in [3.63, 3.8) is 0 Å². The van der Waals surface area contributed by atoms with Gasteiger partial charge in [-0.3, -0.25) is 4.79 Å². The van der Waals surface area contributed by atoms with Crippen LogP contribution in [0.15, 0.2) is 59.9 Å². The number of hydrogen-bond donors (Lipinski definition) is 0. The number of carbonyl (C=O) groups is 1. The van der Waals surface area contributed by atoms with E-state index < -0.39 is 0 Å². The number of ether oxygens (including phenoxy) is 1. The topological polar surface area (TPSA) is 61.9 Å². The first-order valence-corrected chi connectivity index (χ1v) is 11.4. The molecule has 6 nitrogen and oxygen atoms in total. The Bertz CT molecular complexity index is 1230. The van der Waals surface area contributed by atoms with Crippen molar-refractivity contribution < 1.29 is 9.53 Å². The van der Waals surface area contributed by atoms with Crippen molar-refractivity contribution in [3.8, 4) is 5.75 Å². The number of benzene rings is 2. The van der Waals surface area contributed by atoms with Crippen LogP contribution in [0, 0.1) is 0 Å². The minimum Gasteiger partial charge on any atom is -0.481 e. The summed E-state index contributed by atoms with van der Waals surface area (Å²) in [5, 5.41) is 10.8. The molecule has 0 spiro atoms. The fourth-order valence-electron chi connectivity index (χ4n) is 3.56. The summed E-state index contributed by atoms with van der Waals surface area (Å²) in [6.07, 6.45) is 1.55. The Morgan fingerprint density at radius 2 is 1.90 bits per heavy atom.